The van der Waals surface area contributed by atoms with Crippen molar-refractivity contribution in [2.24, 2.45) is 0 Å². The SMILES string of the molecule is COC(=O)c1ccc(-c2nc(NCc3ccc(OC)c(Cl)c3)c3c(C)csc3n2)cc1. The summed E-state index contributed by atoms with van der Waals surface area (Å²) < 4.78 is 9.98. The number of aromatic nitrogens is 2. The van der Waals surface area contributed by atoms with Crippen LogP contribution in [0.15, 0.2) is 47.8 Å². The van der Waals surface area contributed by atoms with E-state index in [0.717, 1.165) is 32.7 Å². The predicted octanol–water partition coefficient (Wildman–Crippen LogP) is 5.73. The summed E-state index contributed by atoms with van der Waals surface area (Å²) in [6.07, 6.45) is 0. The van der Waals surface area contributed by atoms with Crippen LogP contribution in [0.5, 0.6) is 5.75 Å². The largest absolute Gasteiger partial charge is 0.495 e. The van der Waals surface area contributed by atoms with E-state index in [1.165, 1.54) is 7.11 Å². The lowest BCUT2D eigenvalue weighted by Gasteiger charge is -2.11. The maximum atomic E-state index is 11.7. The van der Waals surface area contributed by atoms with Gasteiger partial charge in [0.2, 0.25) is 0 Å². The van der Waals surface area contributed by atoms with Crippen molar-refractivity contribution < 1.29 is 14.3 Å². The van der Waals surface area contributed by atoms with Gasteiger partial charge in [-0.15, -0.1) is 11.3 Å². The van der Waals surface area contributed by atoms with Crippen LogP contribution in [0.1, 0.15) is 21.5 Å². The van der Waals surface area contributed by atoms with E-state index in [9.17, 15) is 4.79 Å². The van der Waals surface area contributed by atoms with Crippen LogP contribution in [0.3, 0.4) is 0 Å². The zero-order chi connectivity index (χ0) is 22.0. The normalized spacial score (nSPS) is 10.8. The highest BCUT2D eigenvalue weighted by atomic mass is 35.5. The van der Waals surface area contributed by atoms with Crippen LogP contribution < -0.4 is 10.1 Å². The lowest BCUT2D eigenvalue weighted by Crippen LogP contribution is -2.04. The molecule has 0 aliphatic heterocycles. The smallest absolute Gasteiger partial charge is 0.337 e. The van der Waals surface area contributed by atoms with Crippen LogP contribution in [0.2, 0.25) is 5.02 Å². The lowest BCUT2D eigenvalue weighted by atomic mass is 10.1. The Labute approximate surface area is 188 Å². The first kappa shape index (κ1) is 21.1. The molecule has 0 saturated heterocycles. The van der Waals surface area contributed by atoms with Gasteiger partial charge in [0.1, 0.15) is 16.4 Å². The number of nitrogens with zero attached hydrogens (tertiary/aromatic N) is 2. The van der Waals surface area contributed by atoms with Crippen molar-refractivity contribution in [3.63, 3.8) is 0 Å². The van der Waals surface area contributed by atoms with Gasteiger partial charge in [0, 0.05) is 12.1 Å². The van der Waals surface area contributed by atoms with Gasteiger partial charge in [0.15, 0.2) is 5.82 Å². The Morgan fingerprint density at radius 2 is 1.90 bits per heavy atom. The second-order valence-electron chi connectivity index (χ2n) is 6.89. The van der Waals surface area contributed by atoms with E-state index >= 15 is 0 Å². The molecule has 6 nitrogen and oxygen atoms in total. The molecule has 0 unspecified atom stereocenters. The third-order valence-electron chi connectivity index (χ3n) is 4.86. The fourth-order valence-electron chi connectivity index (χ4n) is 3.22. The van der Waals surface area contributed by atoms with Gasteiger partial charge in [-0.05, 0) is 47.7 Å². The molecule has 31 heavy (non-hydrogen) atoms. The Hall–Kier alpha value is -3.16. The Morgan fingerprint density at radius 3 is 2.58 bits per heavy atom. The molecule has 0 spiro atoms. The van der Waals surface area contributed by atoms with Crippen LogP contribution in [-0.4, -0.2) is 30.2 Å². The van der Waals surface area contributed by atoms with Crippen molar-refractivity contribution in [1.29, 1.82) is 0 Å². The highest BCUT2D eigenvalue weighted by Gasteiger charge is 2.14. The maximum absolute atomic E-state index is 11.7. The monoisotopic (exact) mass is 453 g/mol. The molecule has 2 aromatic heterocycles. The van der Waals surface area contributed by atoms with E-state index in [1.807, 2.05) is 37.3 Å². The van der Waals surface area contributed by atoms with E-state index < -0.39 is 0 Å². The van der Waals surface area contributed by atoms with Gasteiger partial charge in [0.05, 0.1) is 30.2 Å². The molecule has 2 aromatic carbocycles. The highest BCUT2D eigenvalue weighted by molar-refractivity contribution is 7.17. The molecule has 0 saturated carbocycles. The molecule has 158 valence electrons. The Balaban J connectivity index is 1.67. The second-order valence-corrected chi connectivity index (χ2v) is 8.15. The van der Waals surface area contributed by atoms with Crippen molar-refractivity contribution in [1.82, 2.24) is 9.97 Å². The van der Waals surface area contributed by atoms with Gasteiger partial charge in [-0.25, -0.2) is 14.8 Å². The Kier molecular flexibility index (Phi) is 6.06. The number of anilines is 1. The summed E-state index contributed by atoms with van der Waals surface area (Å²) in [7, 11) is 2.95. The van der Waals surface area contributed by atoms with E-state index in [-0.39, 0.29) is 5.97 Å². The summed E-state index contributed by atoms with van der Waals surface area (Å²) in [5.74, 6) is 1.60. The number of benzene rings is 2. The number of ether oxygens (including phenoxy) is 2. The molecule has 4 aromatic rings. The first-order valence-electron chi connectivity index (χ1n) is 9.51. The highest BCUT2D eigenvalue weighted by Crippen LogP contribution is 2.32. The second kappa shape index (κ2) is 8.91. The van der Waals surface area contributed by atoms with Crippen molar-refractivity contribution in [2.75, 3.05) is 19.5 Å². The van der Waals surface area contributed by atoms with Crippen molar-refractivity contribution in [3.05, 3.63) is 69.6 Å². The zero-order valence-corrected chi connectivity index (χ0v) is 18.8. The molecule has 0 aliphatic rings. The molecule has 0 atom stereocenters. The number of carbonyl (C=O) groups excluding carboxylic acids is 1. The number of methoxy groups -OCH3 is 2. The number of halogens is 1. The van der Waals surface area contributed by atoms with Crippen molar-refractivity contribution >= 4 is 44.9 Å². The van der Waals surface area contributed by atoms with Gasteiger partial charge in [0.25, 0.3) is 0 Å². The molecule has 8 heteroatoms. The summed E-state index contributed by atoms with van der Waals surface area (Å²) in [5.41, 5.74) is 3.42. The van der Waals surface area contributed by atoms with Crippen LogP contribution in [-0.2, 0) is 11.3 Å². The number of nitrogens with one attached hydrogen (secondary N) is 1. The molecule has 2 heterocycles. The van der Waals surface area contributed by atoms with Gasteiger partial charge in [-0.1, -0.05) is 29.8 Å². The van der Waals surface area contributed by atoms with E-state index in [4.69, 9.17) is 31.0 Å². The molecule has 4 rings (SSSR count). The molecule has 0 bridgehead atoms. The number of hydrogen-bond acceptors (Lipinski definition) is 7. The van der Waals surface area contributed by atoms with E-state index in [0.29, 0.717) is 28.7 Å². The number of fused-ring (bicyclic) bond motifs is 1. The molecule has 0 radical (unpaired) electrons. The number of thiophene rings is 1. The fourth-order valence-corrected chi connectivity index (χ4v) is 4.42. The third-order valence-corrected chi connectivity index (χ3v) is 6.14. The molecule has 0 aliphatic carbocycles. The van der Waals surface area contributed by atoms with Crippen molar-refractivity contribution in [2.45, 2.75) is 13.5 Å². The molecular weight excluding hydrogens is 434 g/mol. The average Bonchev–Trinajstić information content (AvgIpc) is 3.18. The first-order valence-corrected chi connectivity index (χ1v) is 10.8. The minimum absolute atomic E-state index is 0.377. The number of aryl methyl sites for hydroxylation is 1. The van der Waals surface area contributed by atoms with E-state index in [2.05, 4.69) is 10.7 Å². The average molecular weight is 454 g/mol. The number of rotatable bonds is 6. The maximum Gasteiger partial charge on any atom is 0.337 e. The molecule has 1 N–H and O–H groups in total. The lowest BCUT2D eigenvalue weighted by molar-refractivity contribution is 0.0600. The molecule has 0 fully saturated rings. The van der Waals surface area contributed by atoms with Gasteiger partial charge in [-0.3, -0.25) is 0 Å². The summed E-state index contributed by atoms with van der Waals surface area (Å²) >= 11 is 7.83. The van der Waals surface area contributed by atoms with Crippen LogP contribution in [0.4, 0.5) is 5.82 Å². The summed E-state index contributed by atoms with van der Waals surface area (Å²) in [6.45, 7) is 2.59. The molecule has 0 amide bonds. The van der Waals surface area contributed by atoms with Crippen LogP contribution >= 0.6 is 22.9 Å². The van der Waals surface area contributed by atoms with Gasteiger partial charge in [-0.2, -0.15) is 0 Å². The summed E-state index contributed by atoms with van der Waals surface area (Å²) in [5, 5.41) is 7.06. The van der Waals surface area contributed by atoms with Gasteiger partial charge < -0.3 is 14.8 Å². The minimum atomic E-state index is -0.377. The zero-order valence-electron chi connectivity index (χ0n) is 17.2. The Morgan fingerprint density at radius 1 is 1.13 bits per heavy atom. The van der Waals surface area contributed by atoms with Crippen molar-refractivity contribution in [3.8, 4) is 17.1 Å². The third kappa shape index (κ3) is 4.33. The fraction of sp³-hybridized carbons (Fsp3) is 0.174. The standard InChI is InChI=1S/C23H20ClN3O3S/c1-13-12-31-22-19(13)21(25-11-14-4-9-18(29-2)17(24)10-14)26-20(27-22)15-5-7-16(8-6-15)23(28)30-3/h4-10,12H,11H2,1-3H3,(H,25,26,27). The first-order chi connectivity index (χ1) is 15.0. The Bertz CT molecular complexity index is 1260. The van der Waals surface area contributed by atoms with Crippen LogP contribution in [0.25, 0.3) is 21.6 Å². The quantitative estimate of drug-likeness (QED) is 0.376. The topological polar surface area (TPSA) is 73.3 Å². The summed E-state index contributed by atoms with van der Waals surface area (Å²) in [4.78, 5) is 22.1. The predicted molar refractivity (Wildman–Crippen MR) is 124 cm³/mol. The number of hydrogen-bond donors (Lipinski definition) is 1. The molecular formula is C23H20ClN3O3S. The minimum Gasteiger partial charge on any atom is -0.495 e. The van der Waals surface area contributed by atoms with E-state index in [1.54, 1.807) is 30.6 Å². The number of esters is 1. The number of carbonyl (C=O) groups is 1. The summed E-state index contributed by atoms with van der Waals surface area (Å²) in [6, 6.07) is 12.7. The van der Waals surface area contributed by atoms with Gasteiger partial charge >= 0.3 is 5.97 Å². The van der Waals surface area contributed by atoms with Crippen LogP contribution in [0, 0.1) is 6.92 Å².